The largest absolute Gasteiger partial charge is 0.390 e. The molecule has 0 bridgehead atoms. The van der Waals surface area contributed by atoms with E-state index < -0.39 is 0 Å². The van der Waals surface area contributed by atoms with Crippen molar-refractivity contribution in [3.8, 4) is 0 Å². The predicted molar refractivity (Wildman–Crippen MR) is 63.4 cm³/mol. The molecule has 2 rings (SSSR count). The predicted octanol–water partition coefficient (Wildman–Crippen LogP) is 2.53. The molecule has 0 saturated carbocycles. The Kier molecular flexibility index (Phi) is 3.39. The zero-order chi connectivity index (χ0) is 11.5. The lowest BCUT2D eigenvalue weighted by Gasteiger charge is -2.07. The summed E-state index contributed by atoms with van der Waals surface area (Å²) in [5.74, 6) is 0. The van der Waals surface area contributed by atoms with Crippen LogP contribution in [-0.2, 0) is 18.0 Å². The maximum Gasteiger partial charge on any atom is 0.0896 e. The van der Waals surface area contributed by atoms with Crippen LogP contribution in [0.25, 0.3) is 10.9 Å². The summed E-state index contributed by atoms with van der Waals surface area (Å²) < 4.78 is 5.05. The molecule has 3 nitrogen and oxygen atoms in total. The Labute approximate surface area is 98.6 Å². The fourth-order valence-corrected chi connectivity index (χ4v) is 1.86. The van der Waals surface area contributed by atoms with Crippen LogP contribution in [0.1, 0.15) is 11.3 Å². The van der Waals surface area contributed by atoms with E-state index in [1.165, 1.54) is 0 Å². The summed E-state index contributed by atoms with van der Waals surface area (Å²) in [6.45, 7) is 0.376. The number of ether oxygens (including phenoxy) is 1. The van der Waals surface area contributed by atoms with Crippen LogP contribution < -0.4 is 0 Å². The number of halogens is 1. The van der Waals surface area contributed by atoms with E-state index in [0.29, 0.717) is 22.8 Å². The van der Waals surface area contributed by atoms with Crippen LogP contribution >= 0.6 is 11.6 Å². The first-order chi connectivity index (χ1) is 7.76. The fourth-order valence-electron chi connectivity index (χ4n) is 1.59. The molecule has 4 heteroatoms. The van der Waals surface area contributed by atoms with Crippen LogP contribution in [-0.4, -0.2) is 17.2 Å². The molecule has 16 heavy (non-hydrogen) atoms. The van der Waals surface area contributed by atoms with E-state index in [0.717, 1.165) is 10.9 Å². The van der Waals surface area contributed by atoms with Gasteiger partial charge in [0.2, 0.25) is 0 Å². The van der Waals surface area contributed by atoms with Gasteiger partial charge in [-0.25, -0.2) is 4.98 Å². The Bertz CT molecular complexity index is 514. The molecule has 0 atom stereocenters. The van der Waals surface area contributed by atoms with Gasteiger partial charge in [-0.3, -0.25) is 0 Å². The average Bonchev–Trinajstić information content (AvgIpc) is 2.33. The first kappa shape index (κ1) is 11.3. The summed E-state index contributed by atoms with van der Waals surface area (Å²) in [6.07, 6.45) is 0. The van der Waals surface area contributed by atoms with Crippen molar-refractivity contribution in [2.75, 3.05) is 7.11 Å². The van der Waals surface area contributed by atoms with E-state index in [9.17, 15) is 0 Å². The molecule has 1 heterocycles. The Morgan fingerprint density at radius 2 is 2.06 bits per heavy atom. The van der Waals surface area contributed by atoms with Crippen LogP contribution in [0, 0.1) is 0 Å². The first-order valence-corrected chi connectivity index (χ1v) is 5.31. The summed E-state index contributed by atoms with van der Waals surface area (Å²) in [6, 6.07) is 7.56. The molecule has 2 aromatic rings. The highest BCUT2D eigenvalue weighted by Gasteiger charge is 2.07. The summed E-state index contributed by atoms with van der Waals surface area (Å²) >= 11 is 6.23. The van der Waals surface area contributed by atoms with Gasteiger partial charge < -0.3 is 9.84 Å². The number of fused-ring (bicyclic) bond motifs is 1. The maximum absolute atomic E-state index is 9.03. The maximum atomic E-state index is 9.03. The van der Waals surface area contributed by atoms with Gasteiger partial charge in [0, 0.05) is 12.5 Å². The molecule has 84 valence electrons. The zero-order valence-corrected chi connectivity index (χ0v) is 9.66. The van der Waals surface area contributed by atoms with Gasteiger partial charge >= 0.3 is 0 Å². The Balaban J connectivity index is 2.61. The van der Waals surface area contributed by atoms with Crippen molar-refractivity contribution in [2.45, 2.75) is 13.2 Å². The van der Waals surface area contributed by atoms with Gasteiger partial charge in [-0.15, -0.1) is 0 Å². The number of hydrogen-bond acceptors (Lipinski definition) is 3. The number of benzene rings is 1. The Morgan fingerprint density at radius 3 is 2.75 bits per heavy atom. The minimum atomic E-state index is -0.0826. The molecule has 1 aromatic heterocycles. The number of nitrogens with zero attached hydrogens (tertiary/aromatic N) is 1. The number of hydrogen-bond donors (Lipinski definition) is 1. The lowest BCUT2D eigenvalue weighted by Crippen LogP contribution is -1.94. The van der Waals surface area contributed by atoms with E-state index in [4.69, 9.17) is 21.4 Å². The Morgan fingerprint density at radius 1 is 1.31 bits per heavy atom. The van der Waals surface area contributed by atoms with Crippen molar-refractivity contribution < 1.29 is 9.84 Å². The van der Waals surface area contributed by atoms with Crippen molar-refractivity contribution in [2.24, 2.45) is 0 Å². The third kappa shape index (κ3) is 2.02. The number of rotatable bonds is 3. The monoisotopic (exact) mass is 237 g/mol. The summed E-state index contributed by atoms with van der Waals surface area (Å²) in [5.41, 5.74) is 2.23. The van der Waals surface area contributed by atoms with Gasteiger partial charge in [0.15, 0.2) is 0 Å². The topological polar surface area (TPSA) is 42.4 Å². The molecule has 0 aliphatic heterocycles. The molecule has 0 amide bonds. The van der Waals surface area contributed by atoms with E-state index in [1.807, 2.05) is 18.2 Å². The van der Waals surface area contributed by atoms with Crippen molar-refractivity contribution >= 4 is 22.5 Å². The second-order valence-electron chi connectivity index (χ2n) is 3.50. The standard InChI is InChI=1S/C12H12ClNO2/c1-16-7-9-3-2-8-4-5-10(6-15)14-12(8)11(9)13/h2-5,15H,6-7H2,1H3. The minimum Gasteiger partial charge on any atom is -0.390 e. The number of methoxy groups -OCH3 is 1. The zero-order valence-electron chi connectivity index (χ0n) is 8.90. The second-order valence-corrected chi connectivity index (χ2v) is 3.88. The highest BCUT2D eigenvalue weighted by molar-refractivity contribution is 6.35. The fraction of sp³-hybridized carbons (Fsp3) is 0.250. The van der Waals surface area contributed by atoms with Crippen LogP contribution in [0.15, 0.2) is 24.3 Å². The van der Waals surface area contributed by atoms with Crippen molar-refractivity contribution in [1.29, 1.82) is 0 Å². The van der Waals surface area contributed by atoms with Gasteiger partial charge in [0.1, 0.15) is 0 Å². The van der Waals surface area contributed by atoms with Gasteiger partial charge in [0.05, 0.1) is 29.4 Å². The smallest absolute Gasteiger partial charge is 0.0896 e. The summed E-state index contributed by atoms with van der Waals surface area (Å²) in [7, 11) is 1.62. The summed E-state index contributed by atoms with van der Waals surface area (Å²) in [5, 5.41) is 10.6. The number of pyridine rings is 1. The molecular weight excluding hydrogens is 226 g/mol. The van der Waals surface area contributed by atoms with Gasteiger partial charge in [-0.2, -0.15) is 0 Å². The molecule has 0 spiro atoms. The molecule has 1 aromatic carbocycles. The average molecular weight is 238 g/mol. The third-order valence-corrected chi connectivity index (χ3v) is 2.82. The van der Waals surface area contributed by atoms with Gasteiger partial charge in [0.25, 0.3) is 0 Å². The first-order valence-electron chi connectivity index (χ1n) is 4.93. The lowest BCUT2D eigenvalue weighted by atomic mass is 10.1. The second kappa shape index (κ2) is 4.78. The van der Waals surface area contributed by atoms with E-state index in [1.54, 1.807) is 13.2 Å². The molecule has 1 N–H and O–H groups in total. The molecule has 0 aliphatic rings. The number of aromatic nitrogens is 1. The highest BCUT2D eigenvalue weighted by Crippen LogP contribution is 2.26. The minimum absolute atomic E-state index is 0.0826. The number of aliphatic hydroxyl groups excluding tert-OH is 1. The molecule has 0 saturated heterocycles. The molecule has 0 fully saturated rings. The van der Waals surface area contributed by atoms with E-state index >= 15 is 0 Å². The normalized spacial score (nSPS) is 10.9. The van der Waals surface area contributed by atoms with Crippen LogP contribution in [0.3, 0.4) is 0 Å². The lowest BCUT2D eigenvalue weighted by molar-refractivity contribution is 0.185. The van der Waals surface area contributed by atoms with Gasteiger partial charge in [-0.05, 0) is 11.6 Å². The molecular formula is C12H12ClNO2. The van der Waals surface area contributed by atoms with Crippen LogP contribution in [0.2, 0.25) is 5.02 Å². The Hall–Kier alpha value is -1.16. The van der Waals surface area contributed by atoms with Crippen molar-refractivity contribution in [3.05, 3.63) is 40.5 Å². The molecule has 0 radical (unpaired) electrons. The van der Waals surface area contributed by atoms with Crippen molar-refractivity contribution in [3.63, 3.8) is 0 Å². The van der Waals surface area contributed by atoms with Gasteiger partial charge in [-0.1, -0.05) is 29.8 Å². The SMILES string of the molecule is COCc1ccc2ccc(CO)nc2c1Cl. The van der Waals surface area contributed by atoms with E-state index in [-0.39, 0.29) is 6.61 Å². The quantitative estimate of drug-likeness (QED) is 0.892. The van der Waals surface area contributed by atoms with Crippen LogP contribution in [0.4, 0.5) is 0 Å². The van der Waals surface area contributed by atoms with Crippen molar-refractivity contribution in [1.82, 2.24) is 4.98 Å². The third-order valence-electron chi connectivity index (χ3n) is 2.40. The molecule has 0 aliphatic carbocycles. The van der Waals surface area contributed by atoms with E-state index in [2.05, 4.69) is 4.98 Å². The highest BCUT2D eigenvalue weighted by atomic mass is 35.5. The summed E-state index contributed by atoms with van der Waals surface area (Å²) in [4.78, 5) is 4.30. The molecule has 0 unspecified atom stereocenters. The van der Waals surface area contributed by atoms with Crippen LogP contribution in [0.5, 0.6) is 0 Å². The number of aliphatic hydroxyl groups is 1.